The van der Waals surface area contributed by atoms with Gasteiger partial charge in [0.05, 0.1) is 10.4 Å². The van der Waals surface area contributed by atoms with E-state index in [0.717, 1.165) is 5.39 Å². The summed E-state index contributed by atoms with van der Waals surface area (Å²) >= 11 is 5.79. The van der Waals surface area contributed by atoms with Crippen molar-refractivity contribution in [3.05, 3.63) is 35.5 Å². The number of nitrogens with one attached hydrogen (secondary N) is 1. The molecule has 0 saturated carbocycles. The lowest BCUT2D eigenvalue weighted by molar-refractivity contribution is 0.560. The Morgan fingerprint density at radius 2 is 2.00 bits per heavy atom. The van der Waals surface area contributed by atoms with Crippen LogP contribution in [0.15, 0.2) is 35.2 Å². The van der Waals surface area contributed by atoms with Gasteiger partial charge in [0.15, 0.2) is 0 Å². The van der Waals surface area contributed by atoms with E-state index in [2.05, 4.69) is 9.71 Å². The van der Waals surface area contributed by atoms with Crippen molar-refractivity contribution in [2.45, 2.75) is 18.7 Å². The standard InChI is InChI=1S/C13H15ClN2O2S/c1-9(2)8-15-19(17,18)11-4-5-12-10(7-11)3-6-13(14)16-12/h3-7,9,15H,8H2,1-2H3. The van der Waals surface area contributed by atoms with Crippen LogP contribution in [0.2, 0.25) is 5.15 Å². The minimum Gasteiger partial charge on any atom is -0.236 e. The first-order valence-electron chi connectivity index (χ1n) is 5.94. The SMILES string of the molecule is CC(C)CNS(=O)(=O)c1ccc2nc(Cl)ccc2c1. The maximum Gasteiger partial charge on any atom is 0.240 e. The van der Waals surface area contributed by atoms with Crippen molar-refractivity contribution in [2.75, 3.05) is 6.54 Å². The molecule has 4 nitrogen and oxygen atoms in total. The smallest absolute Gasteiger partial charge is 0.236 e. The average Bonchev–Trinajstić information content (AvgIpc) is 2.36. The van der Waals surface area contributed by atoms with Gasteiger partial charge in [0, 0.05) is 11.9 Å². The van der Waals surface area contributed by atoms with Gasteiger partial charge in [0.25, 0.3) is 0 Å². The maximum absolute atomic E-state index is 12.1. The Morgan fingerprint density at radius 1 is 1.26 bits per heavy atom. The molecular weight excluding hydrogens is 284 g/mol. The van der Waals surface area contributed by atoms with Crippen molar-refractivity contribution in [1.29, 1.82) is 0 Å². The molecule has 0 saturated heterocycles. The van der Waals surface area contributed by atoms with Crippen molar-refractivity contribution < 1.29 is 8.42 Å². The summed E-state index contributed by atoms with van der Waals surface area (Å²) in [4.78, 5) is 4.36. The first kappa shape index (κ1) is 14.2. The molecule has 19 heavy (non-hydrogen) atoms. The van der Waals surface area contributed by atoms with Crippen molar-refractivity contribution in [3.63, 3.8) is 0 Å². The van der Waals surface area contributed by atoms with Gasteiger partial charge in [0.2, 0.25) is 10.0 Å². The fourth-order valence-electron chi connectivity index (χ4n) is 1.61. The highest BCUT2D eigenvalue weighted by Crippen LogP contribution is 2.19. The molecule has 1 N–H and O–H groups in total. The van der Waals surface area contributed by atoms with Gasteiger partial charge in [-0.3, -0.25) is 0 Å². The molecule has 2 rings (SSSR count). The highest BCUT2D eigenvalue weighted by atomic mass is 35.5. The van der Waals surface area contributed by atoms with E-state index in [1.807, 2.05) is 13.8 Å². The van der Waals surface area contributed by atoms with E-state index in [4.69, 9.17) is 11.6 Å². The fraction of sp³-hybridized carbons (Fsp3) is 0.308. The zero-order valence-electron chi connectivity index (χ0n) is 10.7. The lowest BCUT2D eigenvalue weighted by Crippen LogP contribution is -2.27. The molecule has 0 amide bonds. The Bertz CT molecular complexity index is 699. The minimum absolute atomic E-state index is 0.241. The van der Waals surface area contributed by atoms with Gasteiger partial charge >= 0.3 is 0 Å². The first-order valence-corrected chi connectivity index (χ1v) is 7.80. The second-order valence-corrected chi connectivity index (χ2v) is 6.89. The van der Waals surface area contributed by atoms with E-state index in [1.165, 1.54) is 6.07 Å². The molecule has 0 unspecified atom stereocenters. The van der Waals surface area contributed by atoms with Gasteiger partial charge in [-0.05, 0) is 36.2 Å². The van der Waals surface area contributed by atoms with Crippen LogP contribution in [0.3, 0.4) is 0 Å². The summed E-state index contributed by atoms with van der Waals surface area (Å²) in [6, 6.07) is 8.19. The summed E-state index contributed by atoms with van der Waals surface area (Å²) in [6.45, 7) is 4.32. The molecule has 0 radical (unpaired) electrons. The molecule has 0 spiro atoms. The zero-order valence-corrected chi connectivity index (χ0v) is 12.3. The van der Waals surface area contributed by atoms with Gasteiger partial charge in [0.1, 0.15) is 5.15 Å². The molecule has 0 aliphatic heterocycles. The molecule has 0 aliphatic carbocycles. The number of fused-ring (bicyclic) bond motifs is 1. The normalized spacial score (nSPS) is 12.2. The second kappa shape index (κ2) is 5.45. The number of hydrogen-bond donors (Lipinski definition) is 1. The van der Waals surface area contributed by atoms with E-state index in [-0.39, 0.29) is 10.8 Å². The topological polar surface area (TPSA) is 59.1 Å². The molecule has 2 aromatic rings. The molecular formula is C13H15ClN2O2S. The van der Waals surface area contributed by atoms with Gasteiger partial charge < -0.3 is 0 Å². The quantitative estimate of drug-likeness (QED) is 0.883. The van der Waals surface area contributed by atoms with Crippen LogP contribution in [0, 0.1) is 5.92 Å². The third-order valence-electron chi connectivity index (χ3n) is 2.62. The lowest BCUT2D eigenvalue weighted by atomic mass is 10.2. The predicted molar refractivity (Wildman–Crippen MR) is 76.8 cm³/mol. The minimum atomic E-state index is -3.47. The van der Waals surface area contributed by atoms with E-state index in [9.17, 15) is 8.42 Å². The fourth-order valence-corrected chi connectivity index (χ4v) is 3.01. The van der Waals surface area contributed by atoms with Crippen LogP contribution in [0.5, 0.6) is 0 Å². The van der Waals surface area contributed by atoms with Gasteiger partial charge in [-0.2, -0.15) is 0 Å². The molecule has 1 heterocycles. The number of aromatic nitrogens is 1. The van der Waals surface area contributed by atoms with E-state index >= 15 is 0 Å². The highest BCUT2D eigenvalue weighted by molar-refractivity contribution is 7.89. The number of halogens is 1. The van der Waals surface area contributed by atoms with E-state index in [1.54, 1.807) is 24.3 Å². The highest BCUT2D eigenvalue weighted by Gasteiger charge is 2.14. The molecule has 0 bridgehead atoms. The second-order valence-electron chi connectivity index (χ2n) is 4.73. The van der Waals surface area contributed by atoms with Crippen LogP contribution in [-0.4, -0.2) is 19.9 Å². The van der Waals surface area contributed by atoms with Crippen molar-refractivity contribution in [3.8, 4) is 0 Å². The molecule has 1 aromatic heterocycles. The third kappa shape index (κ3) is 3.43. The Kier molecular flexibility index (Phi) is 4.08. The Balaban J connectivity index is 2.38. The Hall–Kier alpha value is -1.17. The average molecular weight is 299 g/mol. The van der Waals surface area contributed by atoms with Crippen LogP contribution in [0.25, 0.3) is 10.9 Å². The molecule has 0 fully saturated rings. The molecule has 1 aromatic carbocycles. The number of nitrogens with zero attached hydrogens (tertiary/aromatic N) is 1. The molecule has 0 aliphatic rings. The number of sulfonamides is 1. The summed E-state index contributed by atoms with van der Waals surface area (Å²) in [5, 5.41) is 1.14. The summed E-state index contributed by atoms with van der Waals surface area (Å²) in [5.41, 5.74) is 0.676. The van der Waals surface area contributed by atoms with Gasteiger partial charge in [-0.25, -0.2) is 18.1 Å². The summed E-state index contributed by atoms with van der Waals surface area (Å²) in [6.07, 6.45) is 0. The third-order valence-corrected chi connectivity index (χ3v) is 4.25. The van der Waals surface area contributed by atoms with Crippen molar-refractivity contribution in [1.82, 2.24) is 9.71 Å². The number of benzene rings is 1. The summed E-state index contributed by atoms with van der Waals surface area (Å²) in [5.74, 6) is 0.260. The van der Waals surface area contributed by atoms with Crippen molar-refractivity contribution >= 4 is 32.5 Å². The van der Waals surface area contributed by atoms with E-state index in [0.29, 0.717) is 17.2 Å². The molecule has 102 valence electrons. The molecule has 0 atom stereocenters. The maximum atomic E-state index is 12.1. The number of rotatable bonds is 4. The van der Waals surface area contributed by atoms with Gasteiger partial charge in [-0.15, -0.1) is 0 Å². The van der Waals surface area contributed by atoms with Crippen LogP contribution >= 0.6 is 11.6 Å². The first-order chi connectivity index (χ1) is 8.88. The number of hydrogen-bond acceptors (Lipinski definition) is 3. The lowest BCUT2D eigenvalue weighted by Gasteiger charge is -2.09. The van der Waals surface area contributed by atoms with Gasteiger partial charge in [-0.1, -0.05) is 25.4 Å². The number of pyridine rings is 1. The zero-order chi connectivity index (χ0) is 14.0. The monoisotopic (exact) mass is 298 g/mol. The van der Waals surface area contributed by atoms with Crippen LogP contribution < -0.4 is 4.72 Å². The van der Waals surface area contributed by atoms with E-state index < -0.39 is 10.0 Å². The Labute approximate surface area is 117 Å². The Morgan fingerprint density at radius 3 is 2.68 bits per heavy atom. The summed E-state index contributed by atoms with van der Waals surface area (Å²) < 4.78 is 26.8. The largest absolute Gasteiger partial charge is 0.240 e. The predicted octanol–water partition coefficient (Wildman–Crippen LogP) is 2.82. The van der Waals surface area contributed by atoms with Crippen LogP contribution in [0.4, 0.5) is 0 Å². The van der Waals surface area contributed by atoms with Crippen LogP contribution in [0.1, 0.15) is 13.8 Å². The van der Waals surface area contributed by atoms with Crippen molar-refractivity contribution in [2.24, 2.45) is 5.92 Å². The molecule has 6 heteroatoms. The van der Waals surface area contributed by atoms with Crippen LogP contribution in [-0.2, 0) is 10.0 Å². The summed E-state index contributed by atoms with van der Waals surface area (Å²) in [7, 11) is -3.47.